The molecule has 60 heavy (non-hydrogen) atoms. The highest BCUT2D eigenvalue weighted by Gasteiger charge is 2.28. The second-order valence-corrected chi connectivity index (χ2v) is 16.7. The number of phenolic OH excluding ortho intramolecular Hbond substituents is 6. The molecule has 7 rings (SSSR count). The van der Waals surface area contributed by atoms with E-state index in [1.54, 1.807) is 36.4 Å². The van der Waals surface area contributed by atoms with Crippen molar-refractivity contribution in [2.45, 2.75) is 116 Å². The topological polar surface area (TPSA) is 121 Å². The summed E-state index contributed by atoms with van der Waals surface area (Å²) in [7, 11) is 0. The van der Waals surface area contributed by atoms with Gasteiger partial charge in [0.25, 0.3) is 0 Å². The lowest BCUT2D eigenvalue weighted by Gasteiger charge is -2.26. The van der Waals surface area contributed by atoms with Crippen molar-refractivity contribution in [2.24, 2.45) is 0 Å². The molecule has 0 saturated carbocycles. The largest absolute Gasteiger partial charge is 0.508 e. The molecular weight excluding hydrogens is 745 g/mol. The van der Waals surface area contributed by atoms with Crippen LogP contribution in [0.15, 0.2) is 109 Å². The lowest BCUT2D eigenvalue weighted by atomic mass is 9.78. The lowest BCUT2D eigenvalue weighted by Crippen LogP contribution is -2.09. The van der Waals surface area contributed by atoms with Crippen molar-refractivity contribution in [1.29, 1.82) is 0 Å². The van der Waals surface area contributed by atoms with Gasteiger partial charge in [-0.1, -0.05) is 114 Å². The van der Waals surface area contributed by atoms with Crippen LogP contribution in [0.4, 0.5) is 0 Å². The third-order valence-electron chi connectivity index (χ3n) is 13.4. The minimum atomic E-state index is -0.181. The summed E-state index contributed by atoms with van der Waals surface area (Å²) in [6, 6.07) is 34.7. The van der Waals surface area contributed by atoms with Gasteiger partial charge in [0.1, 0.15) is 34.5 Å². The maximum atomic E-state index is 11.5. The van der Waals surface area contributed by atoms with Crippen LogP contribution in [-0.4, -0.2) is 30.6 Å². The predicted octanol–water partition coefficient (Wildman–Crippen LogP) is 13.5. The molecular formula is C54H60O6. The van der Waals surface area contributed by atoms with Crippen molar-refractivity contribution in [3.63, 3.8) is 0 Å². The van der Waals surface area contributed by atoms with Crippen molar-refractivity contribution in [3.8, 4) is 34.5 Å². The number of aromatic hydroxyl groups is 6. The van der Waals surface area contributed by atoms with Gasteiger partial charge >= 0.3 is 0 Å². The summed E-state index contributed by atoms with van der Waals surface area (Å²) >= 11 is 0. The molecule has 12 bridgehead atoms. The fraction of sp³-hybridized carbons (Fsp3) is 0.333. The normalized spacial score (nSPS) is 20.3. The standard InChI is InChI=1S/C54H60O6/c1-7-37-31-13-19-50(56)44(25-31)39(9-3)33-15-21-52(58)46(27-33)41(11-5)35-17-23-54(60)48(29-35)42(12-6)36-18-24-53(59)47(30-36)40(10-4)34-16-22-51(57)45(28-34)38(8-2)32-14-20-49(55)43(37)26-32/h13-30,37-42,55-60H,7-12H2,1-6H3. The van der Waals surface area contributed by atoms with Crippen LogP contribution in [-0.2, 0) is 0 Å². The summed E-state index contributed by atoms with van der Waals surface area (Å²) in [5, 5.41) is 68.9. The average molecular weight is 805 g/mol. The molecule has 1 aliphatic carbocycles. The molecule has 6 unspecified atom stereocenters. The van der Waals surface area contributed by atoms with Gasteiger partial charge in [0.2, 0.25) is 0 Å². The van der Waals surface area contributed by atoms with E-state index in [1.165, 1.54) is 0 Å². The molecule has 6 aromatic rings. The van der Waals surface area contributed by atoms with E-state index in [4.69, 9.17) is 0 Å². The molecule has 0 amide bonds. The Morgan fingerprint density at radius 1 is 0.250 bits per heavy atom. The number of phenols is 6. The van der Waals surface area contributed by atoms with Crippen LogP contribution in [0.2, 0.25) is 0 Å². The maximum absolute atomic E-state index is 11.5. The first-order chi connectivity index (χ1) is 29.0. The van der Waals surface area contributed by atoms with Gasteiger partial charge in [-0.3, -0.25) is 0 Å². The van der Waals surface area contributed by atoms with E-state index < -0.39 is 0 Å². The predicted molar refractivity (Wildman–Crippen MR) is 241 cm³/mol. The second-order valence-electron chi connectivity index (χ2n) is 16.7. The highest BCUT2D eigenvalue weighted by Crippen LogP contribution is 2.47. The van der Waals surface area contributed by atoms with Gasteiger partial charge in [0, 0.05) is 68.9 Å². The molecule has 6 aromatic carbocycles. The number of benzene rings is 6. The first-order valence-electron chi connectivity index (χ1n) is 21.9. The zero-order valence-corrected chi connectivity index (χ0v) is 35.8. The van der Waals surface area contributed by atoms with Gasteiger partial charge in [-0.2, -0.15) is 0 Å². The van der Waals surface area contributed by atoms with Crippen molar-refractivity contribution < 1.29 is 30.6 Å². The summed E-state index contributed by atoms with van der Waals surface area (Å²) in [5.74, 6) is 0.0805. The highest BCUT2D eigenvalue weighted by molar-refractivity contribution is 5.56. The smallest absolute Gasteiger partial charge is 0.119 e. The van der Waals surface area contributed by atoms with Crippen LogP contribution in [0, 0.1) is 0 Å². The van der Waals surface area contributed by atoms with Crippen molar-refractivity contribution >= 4 is 0 Å². The van der Waals surface area contributed by atoms with E-state index in [1.807, 2.05) is 36.4 Å². The third-order valence-corrected chi connectivity index (χ3v) is 13.4. The van der Waals surface area contributed by atoms with E-state index in [0.717, 1.165) is 66.8 Å². The Hall–Kier alpha value is -5.88. The number of rotatable bonds is 6. The van der Waals surface area contributed by atoms with Gasteiger partial charge in [-0.15, -0.1) is 0 Å². The maximum Gasteiger partial charge on any atom is 0.119 e. The van der Waals surface area contributed by atoms with Gasteiger partial charge in [0.15, 0.2) is 0 Å². The minimum absolute atomic E-state index is 0.181. The summed E-state index contributed by atoms with van der Waals surface area (Å²) < 4.78 is 0. The molecule has 0 spiro atoms. The molecule has 6 N–H and O–H groups in total. The Kier molecular flexibility index (Phi) is 12.5. The number of hydrogen-bond acceptors (Lipinski definition) is 6. The molecule has 1 aliphatic rings. The van der Waals surface area contributed by atoms with E-state index in [-0.39, 0.29) is 70.0 Å². The SMILES string of the molecule is CCC1c2ccc(O)c(c2)C(CC)c2ccc(O)c(c2)C(CC)c2ccc(O)c(c2)C(CC)c2ccc(O)c(c2)C(CC)c2ccc(O)c(c2)C(CC)c2ccc(O)c1c2. The average Bonchev–Trinajstić information content (AvgIpc) is 3.25. The first kappa shape index (κ1) is 42.3. The Bertz CT molecular complexity index is 2040. The Morgan fingerprint density at radius 3 is 0.500 bits per heavy atom. The monoisotopic (exact) mass is 804 g/mol. The number of fused-ring (bicyclic) bond motifs is 12. The molecule has 0 aliphatic heterocycles. The van der Waals surface area contributed by atoms with Gasteiger partial charge in [-0.25, -0.2) is 0 Å². The third kappa shape index (κ3) is 7.80. The Balaban J connectivity index is 1.50. The van der Waals surface area contributed by atoms with Crippen LogP contribution < -0.4 is 0 Å². The summed E-state index contributed by atoms with van der Waals surface area (Å²) in [6.07, 6.45) is 4.20. The lowest BCUT2D eigenvalue weighted by molar-refractivity contribution is 0.459. The van der Waals surface area contributed by atoms with Crippen molar-refractivity contribution in [2.75, 3.05) is 0 Å². The highest BCUT2D eigenvalue weighted by atomic mass is 16.3. The van der Waals surface area contributed by atoms with Crippen LogP contribution in [0.5, 0.6) is 34.5 Å². The van der Waals surface area contributed by atoms with Gasteiger partial charge < -0.3 is 30.6 Å². The summed E-state index contributed by atoms with van der Waals surface area (Å²) in [4.78, 5) is 0. The van der Waals surface area contributed by atoms with Crippen LogP contribution in [0.25, 0.3) is 0 Å². The van der Waals surface area contributed by atoms with Gasteiger partial charge in [0.05, 0.1) is 0 Å². The van der Waals surface area contributed by atoms with E-state index in [9.17, 15) is 30.6 Å². The quantitative estimate of drug-likeness (QED) is 0.0997. The zero-order chi connectivity index (χ0) is 42.8. The minimum Gasteiger partial charge on any atom is -0.508 e. The van der Waals surface area contributed by atoms with Crippen LogP contribution in [0.1, 0.15) is 182 Å². The Labute approximate surface area is 355 Å². The molecule has 6 heteroatoms. The molecule has 0 radical (unpaired) electrons. The molecule has 0 fully saturated rings. The molecule has 0 saturated heterocycles. The van der Waals surface area contributed by atoms with Crippen molar-refractivity contribution in [1.82, 2.24) is 0 Å². The fourth-order valence-electron chi connectivity index (χ4n) is 10.2. The van der Waals surface area contributed by atoms with E-state index in [0.29, 0.717) is 38.5 Å². The number of hydrogen-bond donors (Lipinski definition) is 6. The van der Waals surface area contributed by atoms with E-state index in [2.05, 4.69) is 77.9 Å². The second kappa shape index (κ2) is 17.8. The molecule has 312 valence electrons. The molecule has 6 nitrogen and oxygen atoms in total. The first-order valence-corrected chi connectivity index (χ1v) is 21.9. The fourth-order valence-corrected chi connectivity index (χ4v) is 10.2. The van der Waals surface area contributed by atoms with Gasteiger partial charge in [-0.05, 0) is 108 Å². The summed E-state index contributed by atoms with van der Waals surface area (Å²) in [5.41, 5.74) is 10.6. The van der Waals surface area contributed by atoms with E-state index >= 15 is 0 Å². The van der Waals surface area contributed by atoms with Crippen LogP contribution in [0.3, 0.4) is 0 Å². The Morgan fingerprint density at radius 2 is 0.383 bits per heavy atom. The molecule has 0 heterocycles. The summed E-state index contributed by atoms with van der Waals surface area (Å²) in [6.45, 7) is 12.6. The van der Waals surface area contributed by atoms with Crippen LogP contribution >= 0.6 is 0 Å². The zero-order valence-electron chi connectivity index (χ0n) is 35.8. The van der Waals surface area contributed by atoms with Crippen molar-refractivity contribution in [3.05, 3.63) is 176 Å². The molecule has 0 aromatic heterocycles. The molecule has 6 atom stereocenters.